The fourth-order valence-electron chi connectivity index (χ4n) is 2.11. The number of likely N-dealkylation sites (N-methyl/N-ethyl adjacent to an activating group) is 1. The minimum Gasteiger partial charge on any atom is -0.377 e. The molecule has 0 saturated carbocycles. The van der Waals surface area contributed by atoms with Gasteiger partial charge in [-0.3, -0.25) is 0 Å². The molecule has 1 atom stereocenters. The Balaban J connectivity index is 2.98. The second kappa shape index (κ2) is 5.65. The summed E-state index contributed by atoms with van der Waals surface area (Å²) in [6.45, 7) is 8.63. The zero-order valence-corrected chi connectivity index (χ0v) is 11.9. The maximum Gasteiger partial charge on any atom is 0.0816 e. The van der Waals surface area contributed by atoms with Gasteiger partial charge in [0.1, 0.15) is 0 Å². The van der Waals surface area contributed by atoms with Crippen LogP contribution in [0.3, 0.4) is 0 Å². The maximum absolute atomic E-state index is 5.56. The van der Waals surface area contributed by atoms with Crippen molar-refractivity contribution in [3.8, 4) is 0 Å². The normalized spacial score (nSPS) is 14.1. The summed E-state index contributed by atoms with van der Waals surface area (Å²) in [6.07, 6.45) is 0. The van der Waals surface area contributed by atoms with Crippen LogP contribution in [0.15, 0.2) is 24.3 Å². The molecule has 0 radical (unpaired) electrons. The third-order valence-electron chi connectivity index (χ3n) is 3.45. The van der Waals surface area contributed by atoms with Crippen molar-refractivity contribution in [2.75, 3.05) is 14.2 Å². The van der Waals surface area contributed by atoms with E-state index in [1.807, 2.05) is 7.05 Å². The first-order valence-electron chi connectivity index (χ1n) is 6.24. The summed E-state index contributed by atoms with van der Waals surface area (Å²) in [5.74, 6) is 0.576. The Morgan fingerprint density at radius 1 is 1.06 bits per heavy atom. The van der Waals surface area contributed by atoms with Crippen LogP contribution >= 0.6 is 0 Å². The molecule has 1 unspecified atom stereocenters. The zero-order chi connectivity index (χ0) is 13.1. The van der Waals surface area contributed by atoms with Crippen LogP contribution in [0.2, 0.25) is 0 Å². The number of hydrogen-bond donors (Lipinski definition) is 1. The first-order valence-corrected chi connectivity index (χ1v) is 6.24. The number of methoxy groups -OCH3 is 1. The molecule has 0 aliphatic heterocycles. The fraction of sp³-hybridized carbons (Fsp3) is 0.600. The summed E-state index contributed by atoms with van der Waals surface area (Å²) >= 11 is 0. The van der Waals surface area contributed by atoms with Crippen molar-refractivity contribution in [1.29, 1.82) is 0 Å². The van der Waals surface area contributed by atoms with Crippen molar-refractivity contribution < 1.29 is 4.74 Å². The van der Waals surface area contributed by atoms with E-state index in [1.165, 1.54) is 11.1 Å². The first-order chi connectivity index (χ1) is 7.92. The fourth-order valence-corrected chi connectivity index (χ4v) is 2.11. The van der Waals surface area contributed by atoms with Crippen LogP contribution in [-0.2, 0) is 4.74 Å². The van der Waals surface area contributed by atoms with E-state index in [9.17, 15) is 0 Å². The van der Waals surface area contributed by atoms with Crippen LogP contribution in [0.1, 0.15) is 50.8 Å². The van der Waals surface area contributed by atoms with E-state index in [0.717, 1.165) is 0 Å². The zero-order valence-electron chi connectivity index (χ0n) is 11.9. The van der Waals surface area contributed by atoms with Crippen molar-refractivity contribution in [3.05, 3.63) is 35.4 Å². The van der Waals surface area contributed by atoms with Gasteiger partial charge in [-0.1, -0.05) is 38.1 Å². The van der Waals surface area contributed by atoms with E-state index in [1.54, 1.807) is 7.11 Å². The van der Waals surface area contributed by atoms with Gasteiger partial charge in [0.25, 0.3) is 0 Å². The Hall–Kier alpha value is -0.860. The van der Waals surface area contributed by atoms with Gasteiger partial charge in [-0.25, -0.2) is 0 Å². The van der Waals surface area contributed by atoms with E-state index in [2.05, 4.69) is 57.3 Å². The monoisotopic (exact) mass is 235 g/mol. The topological polar surface area (TPSA) is 21.3 Å². The van der Waals surface area contributed by atoms with Crippen molar-refractivity contribution in [2.45, 2.75) is 45.3 Å². The molecular weight excluding hydrogens is 210 g/mol. The number of ether oxygens (including phenoxy) is 1. The van der Waals surface area contributed by atoms with Crippen molar-refractivity contribution >= 4 is 0 Å². The van der Waals surface area contributed by atoms with Gasteiger partial charge in [-0.2, -0.15) is 0 Å². The molecular formula is C15H25NO. The van der Waals surface area contributed by atoms with Crippen LogP contribution in [0.5, 0.6) is 0 Å². The summed E-state index contributed by atoms with van der Waals surface area (Å²) in [4.78, 5) is 0. The predicted molar refractivity (Wildman–Crippen MR) is 73.4 cm³/mol. The molecule has 0 aliphatic rings. The largest absolute Gasteiger partial charge is 0.377 e. The Morgan fingerprint density at radius 3 is 1.88 bits per heavy atom. The third-order valence-corrected chi connectivity index (χ3v) is 3.45. The molecule has 0 fully saturated rings. The Labute approximate surface area is 105 Å². The maximum atomic E-state index is 5.56. The molecule has 1 rings (SSSR count). The van der Waals surface area contributed by atoms with Crippen LogP contribution in [-0.4, -0.2) is 19.8 Å². The van der Waals surface area contributed by atoms with Gasteiger partial charge in [0, 0.05) is 7.11 Å². The van der Waals surface area contributed by atoms with Gasteiger partial charge in [0.2, 0.25) is 0 Å². The third kappa shape index (κ3) is 3.30. The molecule has 1 aromatic rings. The minimum atomic E-state index is -0.214. The molecule has 17 heavy (non-hydrogen) atoms. The SMILES string of the molecule is CNC(c1ccc(C(C)C)cc1)C(C)(C)OC. The van der Waals surface area contributed by atoms with E-state index in [4.69, 9.17) is 4.74 Å². The number of benzene rings is 1. The molecule has 1 aromatic carbocycles. The molecule has 96 valence electrons. The molecule has 2 heteroatoms. The van der Waals surface area contributed by atoms with Gasteiger partial charge < -0.3 is 10.1 Å². The van der Waals surface area contributed by atoms with Gasteiger partial charge in [0.15, 0.2) is 0 Å². The molecule has 2 nitrogen and oxygen atoms in total. The molecule has 0 aromatic heterocycles. The molecule has 0 bridgehead atoms. The highest BCUT2D eigenvalue weighted by Crippen LogP contribution is 2.28. The lowest BCUT2D eigenvalue weighted by molar-refractivity contribution is -0.00899. The van der Waals surface area contributed by atoms with Gasteiger partial charge in [0.05, 0.1) is 11.6 Å². The lowest BCUT2D eigenvalue weighted by Gasteiger charge is -2.33. The van der Waals surface area contributed by atoms with Gasteiger partial charge in [-0.15, -0.1) is 0 Å². The highest BCUT2D eigenvalue weighted by molar-refractivity contribution is 5.28. The summed E-state index contributed by atoms with van der Waals surface area (Å²) in [5.41, 5.74) is 2.43. The molecule has 0 saturated heterocycles. The van der Waals surface area contributed by atoms with Crippen LogP contribution in [0.4, 0.5) is 0 Å². The summed E-state index contributed by atoms with van der Waals surface area (Å²) < 4.78 is 5.56. The van der Waals surface area contributed by atoms with Gasteiger partial charge >= 0.3 is 0 Å². The second-order valence-electron chi connectivity index (χ2n) is 5.35. The summed E-state index contributed by atoms with van der Waals surface area (Å²) in [7, 11) is 3.73. The van der Waals surface area contributed by atoms with Crippen LogP contribution in [0, 0.1) is 0 Å². The highest BCUT2D eigenvalue weighted by Gasteiger charge is 2.29. The van der Waals surface area contributed by atoms with Crippen LogP contribution in [0.25, 0.3) is 0 Å². The number of rotatable bonds is 5. The van der Waals surface area contributed by atoms with Crippen molar-refractivity contribution in [1.82, 2.24) is 5.32 Å². The number of hydrogen-bond acceptors (Lipinski definition) is 2. The van der Waals surface area contributed by atoms with Crippen LogP contribution < -0.4 is 5.32 Å². The highest BCUT2D eigenvalue weighted by atomic mass is 16.5. The van der Waals surface area contributed by atoms with Crippen molar-refractivity contribution in [3.63, 3.8) is 0 Å². The first kappa shape index (κ1) is 14.2. The van der Waals surface area contributed by atoms with Gasteiger partial charge in [-0.05, 0) is 37.9 Å². The summed E-state index contributed by atoms with van der Waals surface area (Å²) in [6, 6.07) is 8.99. The van der Waals surface area contributed by atoms with E-state index < -0.39 is 0 Å². The second-order valence-corrected chi connectivity index (χ2v) is 5.35. The lowest BCUT2D eigenvalue weighted by atomic mass is 9.90. The molecule has 1 N–H and O–H groups in total. The minimum absolute atomic E-state index is 0.203. The molecule has 0 aliphatic carbocycles. The van der Waals surface area contributed by atoms with E-state index in [-0.39, 0.29) is 11.6 Å². The average Bonchev–Trinajstić information content (AvgIpc) is 2.30. The average molecular weight is 235 g/mol. The molecule has 0 amide bonds. The number of nitrogens with one attached hydrogen (secondary N) is 1. The Kier molecular flexibility index (Phi) is 4.72. The predicted octanol–water partition coefficient (Wildman–Crippen LogP) is 3.50. The smallest absolute Gasteiger partial charge is 0.0816 e. The lowest BCUT2D eigenvalue weighted by Crippen LogP contribution is -2.39. The van der Waals surface area contributed by atoms with Crippen molar-refractivity contribution in [2.24, 2.45) is 0 Å². The quantitative estimate of drug-likeness (QED) is 0.843. The van der Waals surface area contributed by atoms with E-state index in [0.29, 0.717) is 5.92 Å². The van der Waals surface area contributed by atoms with E-state index >= 15 is 0 Å². The molecule has 0 spiro atoms. The summed E-state index contributed by atoms with van der Waals surface area (Å²) in [5, 5.41) is 3.33. The Morgan fingerprint density at radius 2 is 1.53 bits per heavy atom. The molecule has 0 heterocycles. The Bertz CT molecular complexity index is 340. The standard InChI is InChI=1S/C15H25NO/c1-11(2)12-7-9-13(10-8-12)14(16-5)15(3,4)17-6/h7-11,14,16H,1-6H3.